The molecular formula is C21H34N4O2. The number of carbonyl (C=O) groups is 1. The van der Waals surface area contributed by atoms with Gasteiger partial charge in [-0.15, -0.1) is 0 Å². The average Bonchev–Trinajstić information content (AvgIpc) is 2.87. The molecule has 0 spiro atoms. The van der Waals surface area contributed by atoms with Gasteiger partial charge in [0.2, 0.25) is 5.91 Å². The molecule has 1 aromatic carbocycles. The Kier molecular flexibility index (Phi) is 9.52. The second kappa shape index (κ2) is 12.2. The number of likely N-dealkylation sites (tertiary alicyclic amines) is 1. The molecule has 0 bridgehead atoms. The lowest BCUT2D eigenvalue weighted by atomic mass is 10.2. The Morgan fingerprint density at radius 2 is 2.07 bits per heavy atom. The van der Waals surface area contributed by atoms with Crippen LogP contribution in [0.25, 0.3) is 0 Å². The van der Waals surface area contributed by atoms with E-state index in [0.717, 1.165) is 56.2 Å². The van der Waals surface area contributed by atoms with Crippen LogP contribution in [0.5, 0.6) is 5.75 Å². The Hall–Kier alpha value is -2.24. The largest absolute Gasteiger partial charge is 0.491 e. The van der Waals surface area contributed by atoms with Crippen molar-refractivity contribution in [3.63, 3.8) is 0 Å². The van der Waals surface area contributed by atoms with Gasteiger partial charge in [0.15, 0.2) is 5.96 Å². The minimum Gasteiger partial charge on any atom is -0.491 e. The highest BCUT2D eigenvalue weighted by molar-refractivity contribution is 5.79. The van der Waals surface area contributed by atoms with E-state index in [-0.39, 0.29) is 0 Å². The Labute approximate surface area is 163 Å². The highest BCUT2D eigenvalue weighted by Gasteiger charge is 2.15. The zero-order chi connectivity index (χ0) is 19.3. The first kappa shape index (κ1) is 21.1. The van der Waals surface area contributed by atoms with E-state index in [0.29, 0.717) is 32.0 Å². The molecule has 150 valence electrons. The highest BCUT2D eigenvalue weighted by atomic mass is 16.5. The van der Waals surface area contributed by atoms with Crippen molar-refractivity contribution in [3.8, 4) is 5.75 Å². The van der Waals surface area contributed by atoms with Gasteiger partial charge in [0.25, 0.3) is 0 Å². The molecule has 0 saturated carbocycles. The van der Waals surface area contributed by atoms with Gasteiger partial charge >= 0.3 is 0 Å². The van der Waals surface area contributed by atoms with Gasteiger partial charge in [-0.3, -0.25) is 9.79 Å². The van der Waals surface area contributed by atoms with Crippen molar-refractivity contribution >= 4 is 11.9 Å². The maximum atomic E-state index is 12.0. The zero-order valence-electron chi connectivity index (χ0n) is 16.8. The monoisotopic (exact) mass is 374 g/mol. The van der Waals surface area contributed by atoms with Crippen LogP contribution in [-0.4, -0.2) is 56.1 Å². The van der Waals surface area contributed by atoms with Crippen molar-refractivity contribution in [1.82, 2.24) is 15.5 Å². The third-order valence-corrected chi connectivity index (χ3v) is 4.62. The van der Waals surface area contributed by atoms with E-state index in [9.17, 15) is 4.79 Å². The number of amides is 1. The van der Waals surface area contributed by atoms with Crippen molar-refractivity contribution in [3.05, 3.63) is 29.8 Å². The number of para-hydroxylation sites is 1. The Morgan fingerprint density at radius 3 is 2.89 bits per heavy atom. The fourth-order valence-electron chi connectivity index (χ4n) is 3.12. The van der Waals surface area contributed by atoms with Crippen LogP contribution < -0.4 is 15.4 Å². The lowest BCUT2D eigenvalue weighted by Crippen LogP contribution is -2.39. The normalized spacial score (nSPS) is 15.4. The maximum Gasteiger partial charge on any atom is 0.222 e. The summed E-state index contributed by atoms with van der Waals surface area (Å²) in [5.74, 6) is 2.02. The fourth-order valence-corrected chi connectivity index (χ4v) is 3.12. The first-order chi connectivity index (χ1) is 13.2. The number of hydrogen-bond donors (Lipinski definition) is 2. The topological polar surface area (TPSA) is 66.0 Å². The van der Waals surface area contributed by atoms with Crippen LogP contribution in [0.15, 0.2) is 29.3 Å². The number of nitrogens with one attached hydrogen (secondary N) is 2. The molecule has 1 aliphatic heterocycles. The predicted molar refractivity (Wildman–Crippen MR) is 110 cm³/mol. The summed E-state index contributed by atoms with van der Waals surface area (Å²) in [7, 11) is 0. The van der Waals surface area contributed by atoms with Crippen LogP contribution in [0, 0.1) is 6.92 Å². The number of ether oxygens (including phenoxy) is 1. The third-order valence-electron chi connectivity index (χ3n) is 4.62. The molecule has 6 heteroatoms. The quantitative estimate of drug-likeness (QED) is 0.396. The van der Waals surface area contributed by atoms with E-state index in [4.69, 9.17) is 4.74 Å². The van der Waals surface area contributed by atoms with E-state index in [1.165, 1.54) is 6.42 Å². The first-order valence-corrected chi connectivity index (χ1v) is 10.2. The minimum absolute atomic E-state index is 0.301. The lowest BCUT2D eigenvalue weighted by Gasteiger charge is -2.20. The van der Waals surface area contributed by atoms with Crippen LogP contribution in [-0.2, 0) is 4.79 Å². The van der Waals surface area contributed by atoms with Crippen LogP contribution >= 0.6 is 0 Å². The van der Waals surface area contributed by atoms with Gasteiger partial charge in [0.05, 0.1) is 6.54 Å². The Balaban J connectivity index is 1.68. The molecule has 1 saturated heterocycles. The van der Waals surface area contributed by atoms with Crippen molar-refractivity contribution in [2.45, 2.75) is 46.0 Å². The van der Waals surface area contributed by atoms with Gasteiger partial charge in [0.1, 0.15) is 12.4 Å². The zero-order valence-corrected chi connectivity index (χ0v) is 16.8. The molecular weight excluding hydrogens is 340 g/mol. The van der Waals surface area contributed by atoms with Crippen LogP contribution in [0.2, 0.25) is 0 Å². The summed E-state index contributed by atoms with van der Waals surface area (Å²) >= 11 is 0. The van der Waals surface area contributed by atoms with Gasteiger partial charge in [0, 0.05) is 32.6 Å². The molecule has 1 heterocycles. The standard InChI is InChI=1S/C21H34N4O2/c1-3-22-21(24-14-17-27-19-11-7-6-10-18(19)2)23-13-9-16-25-15-8-4-5-12-20(25)26/h6-7,10-11H,3-5,8-9,12-17H2,1-2H3,(H2,22,23,24). The number of nitrogens with zero attached hydrogens (tertiary/aromatic N) is 2. The molecule has 0 atom stereocenters. The smallest absolute Gasteiger partial charge is 0.222 e. The molecule has 6 nitrogen and oxygen atoms in total. The molecule has 1 aromatic rings. The van der Waals surface area contributed by atoms with E-state index in [2.05, 4.69) is 22.5 Å². The Bertz CT molecular complexity index is 604. The number of aliphatic imine (C=N–C) groups is 1. The summed E-state index contributed by atoms with van der Waals surface area (Å²) in [4.78, 5) is 18.6. The van der Waals surface area contributed by atoms with E-state index in [1.54, 1.807) is 0 Å². The van der Waals surface area contributed by atoms with Crippen LogP contribution in [0.3, 0.4) is 0 Å². The molecule has 0 aromatic heterocycles. The van der Waals surface area contributed by atoms with Gasteiger partial charge in [-0.2, -0.15) is 0 Å². The summed E-state index contributed by atoms with van der Waals surface area (Å²) in [6.07, 6.45) is 4.92. The fraction of sp³-hybridized carbons (Fsp3) is 0.619. The molecule has 2 rings (SSSR count). The number of hydrogen-bond acceptors (Lipinski definition) is 3. The molecule has 27 heavy (non-hydrogen) atoms. The molecule has 2 N–H and O–H groups in total. The highest BCUT2D eigenvalue weighted by Crippen LogP contribution is 2.15. The lowest BCUT2D eigenvalue weighted by molar-refractivity contribution is -0.130. The first-order valence-electron chi connectivity index (χ1n) is 10.2. The van der Waals surface area contributed by atoms with Gasteiger partial charge < -0.3 is 20.3 Å². The van der Waals surface area contributed by atoms with E-state index in [1.807, 2.05) is 36.1 Å². The number of carbonyl (C=O) groups excluding carboxylic acids is 1. The second-order valence-corrected chi connectivity index (χ2v) is 6.85. The molecule has 0 radical (unpaired) electrons. The third kappa shape index (κ3) is 7.89. The van der Waals surface area contributed by atoms with E-state index >= 15 is 0 Å². The molecule has 1 amide bonds. The minimum atomic E-state index is 0.301. The maximum absolute atomic E-state index is 12.0. The summed E-state index contributed by atoms with van der Waals surface area (Å²) in [5.41, 5.74) is 1.14. The summed E-state index contributed by atoms with van der Waals surface area (Å²) in [6.45, 7) is 8.59. The van der Waals surface area contributed by atoms with Gasteiger partial charge in [-0.25, -0.2) is 0 Å². The molecule has 1 fully saturated rings. The van der Waals surface area contributed by atoms with Gasteiger partial charge in [-0.1, -0.05) is 24.6 Å². The summed E-state index contributed by atoms with van der Waals surface area (Å²) < 4.78 is 5.80. The number of guanidine groups is 1. The van der Waals surface area contributed by atoms with Crippen LogP contribution in [0.1, 0.15) is 44.6 Å². The van der Waals surface area contributed by atoms with Crippen molar-refractivity contribution < 1.29 is 9.53 Å². The second-order valence-electron chi connectivity index (χ2n) is 6.85. The van der Waals surface area contributed by atoms with Crippen molar-refractivity contribution in [2.24, 2.45) is 4.99 Å². The molecule has 1 aliphatic rings. The van der Waals surface area contributed by atoms with Crippen molar-refractivity contribution in [2.75, 3.05) is 39.3 Å². The summed E-state index contributed by atoms with van der Waals surface area (Å²) in [6, 6.07) is 8.02. The average molecular weight is 375 g/mol. The number of rotatable bonds is 9. The van der Waals surface area contributed by atoms with E-state index < -0.39 is 0 Å². The Morgan fingerprint density at radius 1 is 1.22 bits per heavy atom. The summed E-state index contributed by atoms with van der Waals surface area (Å²) in [5, 5.41) is 6.55. The van der Waals surface area contributed by atoms with Gasteiger partial charge in [-0.05, 0) is 44.7 Å². The molecule has 0 aliphatic carbocycles. The predicted octanol–water partition coefficient (Wildman–Crippen LogP) is 2.72. The molecule has 0 unspecified atom stereocenters. The SMILES string of the molecule is CCNC(=NCCCN1CCCCCC1=O)NCCOc1ccccc1C. The van der Waals surface area contributed by atoms with Crippen LogP contribution in [0.4, 0.5) is 0 Å². The van der Waals surface area contributed by atoms with Crippen molar-refractivity contribution in [1.29, 1.82) is 0 Å². The number of aryl methyl sites for hydroxylation is 1. The number of benzene rings is 1.